The molecule has 0 radical (unpaired) electrons. The molecule has 29 heavy (non-hydrogen) atoms. The molecule has 4 rings (SSSR count). The third-order valence-corrected chi connectivity index (χ3v) is 5.06. The second-order valence-corrected chi connectivity index (χ2v) is 7.12. The number of nitrogens with one attached hydrogen (secondary N) is 1. The average molecular weight is 413 g/mol. The highest BCUT2D eigenvalue weighted by molar-refractivity contribution is 7.13. The summed E-state index contributed by atoms with van der Waals surface area (Å²) >= 11 is 1.48. The largest absolute Gasteiger partial charge is 0.416 e. The Morgan fingerprint density at radius 1 is 0.966 bits per heavy atom. The van der Waals surface area contributed by atoms with Gasteiger partial charge < -0.3 is 5.32 Å². The van der Waals surface area contributed by atoms with Gasteiger partial charge in [-0.25, -0.2) is 4.68 Å². The number of anilines is 1. The summed E-state index contributed by atoms with van der Waals surface area (Å²) in [4.78, 5) is 13.8. The van der Waals surface area contributed by atoms with Crippen LogP contribution in [0.5, 0.6) is 0 Å². The average Bonchev–Trinajstić information content (AvgIpc) is 3.38. The molecular weight excluding hydrogens is 399 g/mol. The number of benzene rings is 2. The Morgan fingerprint density at radius 2 is 1.76 bits per heavy atom. The molecule has 0 aliphatic rings. The maximum absolute atomic E-state index is 12.9. The fourth-order valence-electron chi connectivity index (χ4n) is 2.82. The van der Waals surface area contributed by atoms with Gasteiger partial charge in [0.2, 0.25) is 0 Å². The number of alkyl halides is 3. The predicted octanol–water partition coefficient (Wildman–Crippen LogP) is 5.87. The van der Waals surface area contributed by atoms with Crippen LogP contribution in [0.25, 0.3) is 16.3 Å². The van der Waals surface area contributed by atoms with Crippen molar-refractivity contribution in [3.8, 4) is 16.3 Å². The van der Waals surface area contributed by atoms with Gasteiger partial charge in [-0.05, 0) is 47.8 Å². The molecule has 0 bridgehead atoms. The summed E-state index contributed by atoms with van der Waals surface area (Å²) in [6, 6.07) is 19.0. The molecule has 0 spiro atoms. The number of carbonyl (C=O) groups is 1. The van der Waals surface area contributed by atoms with Gasteiger partial charge in [0.05, 0.1) is 16.1 Å². The van der Waals surface area contributed by atoms with Crippen molar-refractivity contribution in [2.45, 2.75) is 6.18 Å². The summed E-state index contributed by atoms with van der Waals surface area (Å²) in [5, 5.41) is 8.97. The van der Waals surface area contributed by atoms with Crippen LogP contribution in [-0.4, -0.2) is 15.7 Å². The highest BCUT2D eigenvalue weighted by Gasteiger charge is 2.30. The van der Waals surface area contributed by atoms with Gasteiger partial charge in [-0.1, -0.05) is 30.3 Å². The molecule has 1 amide bonds. The van der Waals surface area contributed by atoms with Crippen molar-refractivity contribution in [3.05, 3.63) is 89.4 Å². The number of amides is 1. The first-order valence-electron chi connectivity index (χ1n) is 8.60. The molecule has 4 nitrogen and oxygen atoms in total. The van der Waals surface area contributed by atoms with E-state index in [9.17, 15) is 18.0 Å². The fraction of sp³-hybridized carbons (Fsp3) is 0.0476. The Labute approximate surface area is 168 Å². The molecule has 2 aromatic heterocycles. The molecule has 1 N–H and O–H groups in total. The van der Waals surface area contributed by atoms with E-state index in [1.807, 2.05) is 35.7 Å². The second-order valence-electron chi connectivity index (χ2n) is 6.17. The van der Waals surface area contributed by atoms with Crippen LogP contribution in [0.15, 0.2) is 78.2 Å². The highest BCUT2D eigenvalue weighted by Crippen LogP contribution is 2.31. The maximum Gasteiger partial charge on any atom is 0.416 e. The van der Waals surface area contributed by atoms with Crippen LogP contribution >= 0.6 is 11.3 Å². The van der Waals surface area contributed by atoms with Crippen LogP contribution in [-0.2, 0) is 6.18 Å². The minimum Gasteiger partial charge on any atom is -0.321 e. The van der Waals surface area contributed by atoms with Gasteiger partial charge >= 0.3 is 6.18 Å². The zero-order valence-electron chi connectivity index (χ0n) is 14.9. The van der Waals surface area contributed by atoms with Crippen LogP contribution in [0.3, 0.4) is 0 Å². The summed E-state index contributed by atoms with van der Waals surface area (Å²) in [6.07, 6.45) is -4.49. The van der Waals surface area contributed by atoms with Crippen LogP contribution in [0, 0.1) is 0 Å². The maximum atomic E-state index is 12.9. The van der Waals surface area contributed by atoms with Crippen molar-refractivity contribution in [3.63, 3.8) is 0 Å². The van der Waals surface area contributed by atoms with Crippen molar-refractivity contribution in [1.29, 1.82) is 0 Å². The number of para-hydroxylation sites is 1. The van der Waals surface area contributed by atoms with E-state index in [-0.39, 0.29) is 11.4 Å². The summed E-state index contributed by atoms with van der Waals surface area (Å²) in [5.74, 6) is -0.552. The Bertz CT molecular complexity index is 1140. The molecule has 146 valence electrons. The highest BCUT2D eigenvalue weighted by atomic mass is 32.1. The zero-order valence-corrected chi connectivity index (χ0v) is 15.7. The summed E-state index contributed by atoms with van der Waals surface area (Å²) < 4.78 is 40.3. The first-order chi connectivity index (χ1) is 13.9. The fourth-order valence-corrected chi connectivity index (χ4v) is 3.50. The normalized spacial score (nSPS) is 11.4. The number of halogens is 3. The van der Waals surface area contributed by atoms with Crippen LogP contribution in [0.2, 0.25) is 0 Å². The van der Waals surface area contributed by atoms with Crippen molar-refractivity contribution < 1.29 is 18.0 Å². The van der Waals surface area contributed by atoms with Gasteiger partial charge in [0.15, 0.2) is 0 Å². The van der Waals surface area contributed by atoms with E-state index in [1.54, 1.807) is 18.2 Å². The van der Waals surface area contributed by atoms with E-state index in [1.165, 1.54) is 28.2 Å². The lowest BCUT2D eigenvalue weighted by atomic mass is 10.2. The van der Waals surface area contributed by atoms with Gasteiger partial charge in [-0.2, -0.15) is 18.3 Å². The summed E-state index contributed by atoms with van der Waals surface area (Å²) in [6.45, 7) is 0. The number of aromatic nitrogens is 2. The minimum absolute atomic E-state index is 0.0586. The lowest BCUT2D eigenvalue weighted by molar-refractivity contribution is -0.137. The van der Waals surface area contributed by atoms with Crippen LogP contribution in [0.1, 0.15) is 16.1 Å². The number of thiophene rings is 1. The van der Waals surface area contributed by atoms with Crippen molar-refractivity contribution >= 4 is 22.9 Å². The van der Waals surface area contributed by atoms with Crippen molar-refractivity contribution in [2.24, 2.45) is 0 Å². The van der Waals surface area contributed by atoms with Gasteiger partial charge in [-0.3, -0.25) is 4.79 Å². The summed E-state index contributed by atoms with van der Waals surface area (Å²) in [7, 11) is 0. The molecule has 0 aliphatic heterocycles. The van der Waals surface area contributed by atoms with E-state index in [2.05, 4.69) is 10.4 Å². The Morgan fingerprint density at radius 3 is 2.45 bits per heavy atom. The number of nitrogens with zero attached hydrogens (tertiary/aromatic N) is 2. The van der Waals surface area contributed by atoms with Gasteiger partial charge in [0.1, 0.15) is 11.4 Å². The van der Waals surface area contributed by atoms with Crippen molar-refractivity contribution in [2.75, 3.05) is 5.32 Å². The molecule has 0 unspecified atom stereocenters. The van der Waals surface area contributed by atoms with Crippen LogP contribution < -0.4 is 5.32 Å². The number of carbonyl (C=O) groups excluding carboxylic acids is 1. The van der Waals surface area contributed by atoms with Gasteiger partial charge in [0, 0.05) is 5.69 Å². The third-order valence-electron chi connectivity index (χ3n) is 4.16. The van der Waals surface area contributed by atoms with Gasteiger partial charge in [-0.15, -0.1) is 11.3 Å². The van der Waals surface area contributed by atoms with E-state index in [4.69, 9.17) is 0 Å². The lowest BCUT2D eigenvalue weighted by Gasteiger charge is -2.11. The molecule has 0 saturated carbocycles. The van der Waals surface area contributed by atoms with E-state index < -0.39 is 17.6 Å². The SMILES string of the molecule is O=C(Nc1cccc(C(F)(F)F)c1)c1cc(-c2cccs2)nn1-c1ccccc1. The first-order valence-corrected chi connectivity index (χ1v) is 9.48. The Balaban J connectivity index is 1.71. The van der Waals surface area contributed by atoms with E-state index in [0.29, 0.717) is 11.4 Å². The third kappa shape index (κ3) is 4.07. The molecule has 0 fully saturated rings. The number of hydrogen-bond acceptors (Lipinski definition) is 3. The molecule has 2 heterocycles. The topological polar surface area (TPSA) is 46.9 Å². The monoisotopic (exact) mass is 413 g/mol. The molecule has 0 saturated heterocycles. The Kier molecular flexibility index (Phi) is 4.94. The minimum atomic E-state index is -4.49. The molecule has 0 atom stereocenters. The van der Waals surface area contributed by atoms with Gasteiger partial charge in [0.25, 0.3) is 5.91 Å². The Hall–Kier alpha value is -3.39. The lowest BCUT2D eigenvalue weighted by Crippen LogP contribution is -2.17. The first kappa shape index (κ1) is 18.9. The molecule has 4 aromatic rings. The second kappa shape index (κ2) is 7.56. The van der Waals surface area contributed by atoms with E-state index >= 15 is 0 Å². The molecular formula is C21H14F3N3OS. The number of hydrogen-bond donors (Lipinski definition) is 1. The predicted molar refractivity (Wildman–Crippen MR) is 106 cm³/mol. The summed E-state index contributed by atoms with van der Waals surface area (Å²) in [5.41, 5.74) is 0.731. The van der Waals surface area contributed by atoms with Crippen molar-refractivity contribution in [1.82, 2.24) is 9.78 Å². The standard InChI is InChI=1S/C21H14F3N3OS/c22-21(23,24)14-6-4-7-15(12-14)25-20(28)18-13-17(19-10-5-11-29-19)26-27(18)16-8-2-1-3-9-16/h1-13H,(H,25,28). The molecule has 2 aromatic carbocycles. The number of rotatable bonds is 4. The zero-order chi connectivity index (χ0) is 20.4. The molecule has 8 heteroatoms. The smallest absolute Gasteiger partial charge is 0.321 e. The van der Waals surface area contributed by atoms with Crippen LogP contribution in [0.4, 0.5) is 18.9 Å². The van der Waals surface area contributed by atoms with E-state index in [0.717, 1.165) is 17.0 Å². The molecule has 0 aliphatic carbocycles. The quantitative estimate of drug-likeness (QED) is 0.455.